The molecule has 1 aromatic heterocycles. The van der Waals surface area contributed by atoms with Gasteiger partial charge in [0.15, 0.2) is 0 Å². The first-order valence-corrected chi connectivity index (χ1v) is 11.9. The Labute approximate surface area is 164 Å². The van der Waals surface area contributed by atoms with Gasteiger partial charge in [-0.15, -0.1) is 11.3 Å². The zero-order chi connectivity index (χ0) is 19.4. The molecule has 2 saturated heterocycles. The van der Waals surface area contributed by atoms with Crippen molar-refractivity contribution >= 4 is 33.2 Å². The maximum Gasteiger partial charge on any atom is 0.265 e. The third-order valence-corrected chi connectivity index (χ3v) is 8.12. The van der Waals surface area contributed by atoms with E-state index in [9.17, 15) is 18.0 Å². The van der Waals surface area contributed by atoms with E-state index in [1.807, 2.05) is 0 Å². The fraction of sp³-hybridized carbons (Fsp3) is 0.667. The number of thiophene rings is 1. The molecule has 0 aliphatic carbocycles. The molecule has 2 aliphatic heterocycles. The van der Waals surface area contributed by atoms with Crippen LogP contribution in [0.25, 0.3) is 0 Å². The molecule has 7 nitrogen and oxygen atoms in total. The molecule has 1 aromatic rings. The molecule has 3 heterocycles. The quantitative estimate of drug-likeness (QED) is 0.800. The lowest BCUT2D eigenvalue weighted by molar-refractivity contribution is -0.121. The van der Waals surface area contributed by atoms with Crippen LogP contribution in [0.4, 0.5) is 0 Å². The zero-order valence-electron chi connectivity index (χ0n) is 15.6. The Morgan fingerprint density at radius 1 is 1.19 bits per heavy atom. The zero-order valence-corrected chi connectivity index (χ0v) is 17.3. The minimum atomic E-state index is -3.64. The van der Waals surface area contributed by atoms with Gasteiger partial charge in [0.2, 0.25) is 15.9 Å². The van der Waals surface area contributed by atoms with Crippen LogP contribution < -0.4 is 5.32 Å². The molecule has 0 aromatic carbocycles. The molecule has 0 radical (unpaired) electrons. The fourth-order valence-corrected chi connectivity index (χ4v) is 6.53. The van der Waals surface area contributed by atoms with Crippen molar-refractivity contribution in [3.05, 3.63) is 16.3 Å². The van der Waals surface area contributed by atoms with Crippen LogP contribution in [0.5, 0.6) is 0 Å². The molecular formula is C18H27N3O4S2. The second kappa shape index (κ2) is 8.70. The maximum absolute atomic E-state index is 13.1. The van der Waals surface area contributed by atoms with Gasteiger partial charge < -0.3 is 10.2 Å². The number of rotatable bonds is 5. The number of likely N-dealkylation sites (tertiary alicyclic amines) is 1. The smallest absolute Gasteiger partial charge is 0.265 e. The second-order valence-electron chi connectivity index (χ2n) is 7.09. The van der Waals surface area contributed by atoms with E-state index < -0.39 is 10.0 Å². The summed E-state index contributed by atoms with van der Waals surface area (Å²) in [5, 5.41) is 4.61. The third kappa shape index (κ3) is 4.52. The standard InChI is InChI=1S/C18H27N3O4S2/c1-2-16(22)19-14-7-6-9-20(13-14)18(23)17-15(8-12-26-17)27(24,25)21-10-4-3-5-11-21/h8,12,14H,2-7,9-11,13H2,1H3,(H,19,22). The average molecular weight is 414 g/mol. The highest BCUT2D eigenvalue weighted by Gasteiger charge is 2.33. The normalized spacial score (nSPS) is 21.8. The Bertz CT molecular complexity index is 784. The van der Waals surface area contributed by atoms with Crippen LogP contribution in [-0.2, 0) is 14.8 Å². The van der Waals surface area contributed by atoms with Crippen molar-refractivity contribution in [3.63, 3.8) is 0 Å². The Kier molecular flexibility index (Phi) is 6.54. The summed E-state index contributed by atoms with van der Waals surface area (Å²) in [7, 11) is -3.64. The van der Waals surface area contributed by atoms with Crippen molar-refractivity contribution in [2.45, 2.75) is 56.4 Å². The lowest BCUT2D eigenvalue weighted by atomic mass is 10.1. The summed E-state index contributed by atoms with van der Waals surface area (Å²) < 4.78 is 27.5. The third-order valence-electron chi connectivity index (χ3n) is 5.15. The predicted molar refractivity (Wildman–Crippen MR) is 104 cm³/mol. The van der Waals surface area contributed by atoms with Crippen molar-refractivity contribution in [3.8, 4) is 0 Å². The van der Waals surface area contributed by atoms with Gasteiger partial charge in [-0.25, -0.2) is 8.42 Å². The summed E-state index contributed by atoms with van der Waals surface area (Å²) in [6, 6.07) is 1.47. The number of nitrogens with one attached hydrogen (secondary N) is 1. The van der Waals surface area contributed by atoms with Gasteiger partial charge >= 0.3 is 0 Å². The Balaban J connectivity index is 1.76. The first-order chi connectivity index (χ1) is 12.9. The number of nitrogens with zero attached hydrogens (tertiary/aromatic N) is 2. The lowest BCUT2D eigenvalue weighted by Gasteiger charge is -2.33. The van der Waals surface area contributed by atoms with Gasteiger partial charge in [0, 0.05) is 38.6 Å². The molecule has 0 saturated carbocycles. The fourth-order valence-electron chi connectivity index (χ4n) is 3.65. The number of sulfonamides is 1. The monoisotopic (exact) mass is 413 g/mol. The van der Waals surface area contributed by atoms with Crippen LogP contribution in [0.15, 0.2) is 16.3 Å². The van der Waals surface area contributed by atoms with Gasteiger partial charge in [-0.2, -0.15) is 4.31 Å². The molecule has 27 heavy (non-hydrogen) atoms. The minimum Gasteiger partial charge on any atom is -0.352 e. The van der Waals surface area contributed by atoms with Crippen molar-refractivity contribution in [2.75, 3.05) is 26.2 Å². The lowest BCUT2D eigenvalue weighted by Crippen LogP contribution is -2.49. The van der Waals surface area contributed by atoms with E-state index in [4.69, 9.17) is 0 Å². The number of hydrogen-bond acceptors (Lipinski definition) is 5. The van der Waals surface area contributed by atoms with Crippen LogP contribution in [0, 0.1) is 0 Å². The molecular weight excluding hydrogens is 386 g/mol. The van der Waals surface area contributed by atoms with Crippen LogP contribution in [-0.4, -0.2) is 61.7 Å². The summed E-state index contributed by atoms with van der Waals surface area (Å²) in [6.45, 7) is 3.83. The Morgan fingerprint density at radius 2 is 1.93 bits per heavy atom. The average Bonchev–Trinajstić information content (AvgIpc) is 3.19. The van der Waals surface area contributed by atoms with Crippen LogP contribution in [0.3, 0.4) is 0 Å². The van der Waals surface area contributed by atoms with Gasteiger partial charge in [0.05, 0.1) is 0 Å². The molecule has 9 heteroatoms. The molecule has 0 spiro atoms. The van der Waals surface area contributed by atoms with E-state index in [0.29, 0.717) is 32.6 Å². The SMILES string of the molecule is CCC(=O)NC1CCCN(C(=O)c2sccc2S(=O)(=O)N2CCCCC2)C1. The molecule has 1 atom stereocenters. The van der Waals surface area contributed by atoms with Gasteiger partial charge in [0.25, 0.3) is 5.91 Å². The van der Waals surface area contributed by atoms with E-state index >= 15 is 0 Å². The molecule has 2 aliphatic rings. The van der Waals surface area contributed by atoms with Crippen molar-refractivity contribution < 1.29 is 18.0 Å². The first-order valence-electron chi connectivity index (χ1n) is 9.59. The highest BCUT2D eigenvalue weighted by molar-refractivity contribution is 7.89. The van der Waals surface area contributed by atoms with Gasteiger partial charge in [-0.05, 0) is 37.1 Å². The minimum absolute atomic E-state index is 0.0289. The number of hydrogen-bond donors (Lipinski definition) is 1. The van der Waals surface area contributed by atoms with E-state index in [2.05, 4.69) is 5.32 Å². The number of amides is 2. The summed E-state index contributed by atoms with van der Waals surface area (Å²) in [5.41, 5.74) is 0. The molecule has 1 N–H and O–H groups in total. The number of carbonyl (C=O) groups excluding carboxylic acids is 2. The van der Waals surface area contributed by atoms with Gasteiger partial charge in [-0.3, -0.25) is 9.59 Å². The van der Waals surface area contributed by atoms with Gasteiger partial charge in [0.1, 0.15) is 9.77 Å². The van der Waals surface area contributed by atoms with Crippen molar-refractivity contribution in [1.82, 2.24) is 14.5 Å². The predicted octanol–water partition coefficient (Wildman–Crippen LogP) is 2.05. The van der Waals surface area contributed by atoms with E-state index in [-0.39, 0.29) is 27.6 Å². The number of piperidine rings is 2. The molecule has 150 valence electrons. The first kappa shape index (κ1) is 20.3. The van der Waals surface area contributed by atoms with Crippen molar-refractivity contribution in [1.29, 1.82) is 0 Å². The van der Waals surface area contributed by atoms with E-state index in [1.165, 1.54) is 15.6 Å². The molecule has 2 fully saturated rings. The number of carbonyl (C=O) groups is 2. The van der Waals surface area contributed by atoms with Crippen LogP contribution >= 0.6 is 11.3 Å². The van der Waals surface area contributed by atoms with E-state index in [0.717, 1.165) is 32.1 Å². The largest absolute Gasteiger partial charge is 0.352 e. The molecule has 3 rings (SSSR count). The highest BCUT2D eigenvalue weighted by Crippen LogP contribution is 2.29. The van der Waals surface area contributed by atoms with E-state index in [1.54, 1.807) is 23.3 Å². The summed E-state index contributed by atoms with van der Waals surface area (Å²) in [4.78, 5) is 26.8. The molecule has 2 amide bonds. The second-order valence-corrected chi connectivity index (χ2v) is 9.91. The van der Waals surface area contributed by atoms with Crippen LogP contribution in [0.1, 0.15) is 55.1 Å². The van der Waals surface area contributed by atoms with Crippen molar-refractivity contribution in [2.24, 2.45) is 0 Å². The Morgan fingerprint density at radius 3 is 2.63 bits per heavy atom. The molecule has 0 bridgehead atoms. The maximum atomic E-state index is 13.1. The summed E-state index contributed by atoms with van der Waals surface area (Å²) in [5.74, 6) is -0.283. The highest BCUT2D eigenvalue weighted by atomic mass is 32.2. The Hall–Kier alpha value is -1.45. The summed E-state index contributed by atoms with van der Waals surface area (Å²) >= 11 is 1.18. The topological polar surface area (TPSA) is 86.8 Å². The van der Waals surface area contributed by atoms with Crippen LogP contribution in [0.2, 0.25) is 0 Å². The molecule has 1 unspecified atom stereocenters. The summed E-state index contributed by atoms with van der Waals surface area (Å²) in [6.07, 6.45) is 4.79. The van der Waals surface area contributed by atoms with Gasteiger partial charge in [-0.1, -0.05) is 13.3 Å².